The quantitative estimate of drug-likeness (QED) is 0.240. The molecular formula is C32H24N2O5. The zero-order valence-electron chi connectivity index (χ0n) is 21.3. The van der Waals surface area contributed by atoms with E-state index in [9.17, 15) is 4.79 Å². The van der Waals surface area contributed by atoms with Crippen LogP contribution in [0, 0.1) is 0 Å². The predicted molar refractivity (Wildman–Crippen MR) is 148 cm³/mol. The Bertz CT molecular complexity index is 1700. The van der Waals surface area contributed by atoms with Crippen LogP contribution in [0.4, 0.5) is 0 Å². The van der Waals surface area contributed by atoms with Crippen LogP contribution in [0.15, 0.2) is 103 Å². The number of esters is 1. The van der Waals surface area contributed by atoms with E-state index >= 15 is 0 Å². The third kappa shape index (κ3) is 4.55. The van der Waals surface area contributed by atoms with E-state index in [-0.39, 0.29) is 5.57 Å². The number of carbonyl (C=O) groups excluding carboxylic acids is 1. The molecule has 1 unspecified atom stereocenters. The van der Waals surface area contributed by atoms with Gasteiger partial charge in [-0.25, -0.2) is 14.8 Å². The molecule has 0 saturated heterocycles. The van der Waals surface area contributed by atoms with Crippen molar-refractivity contribution in [3.63, 3.8) is 0 Å². The van der Waals surface area contributed by atoms with Gasteiger partial charge in [0.15, 0.2) is 11.5 Å². The van der Waals surface area contributed by atoms with E-state index in [1.807, 2.05) is 84.9 Å². The van der Waals surface area contributed by atoms with Gasteiger partial charge in [-0.15, -0.1) is 0 Å². The second-order valence-electron chi connectivity index (χ2n) is 8.82. The summed E-state index contributed by atoms with van der Waals surface area (Å²) in [4.78, 5) is 23.7. The first kappa shape index (κ1) is 24.2. The van der Waals surface area contributed by atoms with E-state index in [1.54, 1.807) is 32.4 Å². The molecule has 0 spiro atoms. The minimum Gasteiger partial charge on any atom is -0.493 e. The van der Waals surface area contributed by atoms with Crippen LogP contribution < -0.4 is 9.47 Å². The first-order valence-corrected chi connectivity index (χ1v) is 12.4. The third-order valence-corrected chi connectivity index (χ3v) is 6.44. The fourth-order valence-electron chi connectivity index (χ4n) is 4.55. The number of aromatic nitrogens is 2. The van der Waals surface area contributed by atoms with E-state index in [0.29, 0.717) is 45.3 Å². The molecule has 0 radical (unpaired) electrons. The molecule has 1 aromatic heterocycles. The molecule has 7 heteroatoms. The number of carbonyl (C=O) groups is 1. The van der Waals surface area contributed by atoms with Gasteiger partial charge < -0.3 is 18.9 Å². The summed E-state index contributed by atoms with van der Waals surface area (Å²) >= 11 is 0. The van der Waals surface area contributed by atoms with Gasteiger partial charge in [0.25, 0.3) is 6.29 Å². The molecule has 192 valence electrons. The Kier molecular flexibility index (Phi) is 6.39. The fourth-order valence-corrected chi connectivity index (χ4v) is 4.55. The molecule has 6 rings (SSSR count). The SMILES string of the molecule is COc1ccc(C2OC(=O)C(c3nc4ccccc4nc3-c3ccccc3)=C(c3ccccc3)O2)cc1OC. The van der Waals surface area contributed by atoms with Crippen LogP contribution in [-0.2, 0) is 14.3 Å². The Labute approximate surface area is 225 Å². The molecule has 1 aliphatic heterocycles. The maximum absolute atomic E-state index is 13.9. The molecule has 0 amide bonds. The molecule has 0 bridgehead atoms. The average molecular weight is 517 g/mol. The summed E-state index contributed by atoms with van der Waals surface area (Å²) in [6.07, 6.45) is -1.01. The number of nitrogens with zero attached hydrogens (tertiary/aromatic N) is 2. The molecule has 0 saturated carbocycles. The second-order valence-corrected chi connectivity index (χ2v) is 8.82. The maximum Gasteiger partial charge on any atom is 0.347 e. The van der Waals surface area contributed by atoms with Crippen LogP contribution in [0.5, 0.6) is 11.5 Å². The summed E-state index contributed by atoms with van der Waals surface area (Å²) in [7, 11) is 3.11. The first-order chi connectivity index (χ1) is 19.2. The van der Waals surface area contributed by atoms with E-state index in [0.717, 1.165) is 11.1 Å². The van der Waals surface area contributed by atoms with Crippen LogP contribution in [0.2, 0.25) is 0 Å². The zero-order valence-corrected chi connectivity index (χ0v) is 21.3. The summed E-state index contributed by atoms with van der Waals surface area (Å²) in [5, 5.41) is 0. The lowest BCUT2D eigenvalue weighted by Gasteiger charge is -2.29. The molecule has 1 atom stereocenters. The minimum absolute atomic E-state index is 0.204. The van der Waals surface area contributed by atoms with Crippen molar-refractivity contribution in [3.8, 4) is 22.8 Å². The normalized spacial score (nSPS) is 15.0. The monoisotopic (exact) mass is 516 g/mol. The predicted octanol–water partition coefficient (Wildman–Crippen LogP) is 6.45. The summed E-state index contributed by atoms with van der Waals surface area (Å²) in [5.74, 6) is 0.842. The molecule has 39 heavy (non-hydrogen) atoms. The van der Waals surface area contributed by atoms with Gasteiger partial charge in [0.1, 0.15) is 17.0 Å². The Morgan fingerprint density at radius 1 is 0.641 bits per heavy atom. The van der Waals surface area contributed by atoms with Crippen molar-refractivity contribution in [2.24, 2.45) is 0 Å². The smallest absolute Gasteiger partial charge is 0.347 e. The number of benzene rings is 4. The number of para-hydroxylation sites is 2. The standard InChI is InChI=1S/C32H24N2O5/c1-36-25-18-17-22(19-26(25)37-2)32-38-30(21-13-7-4-8-14-21)27(31(35)39-32)29-28(20-11-5-3-6-12-20)33-23-15-9-10-16-24(23)34-29/h3-19,32H,1-2H3. The van der Waals surface area contributed by atoms with Crippen molar-refractivity contribution in [1.82, 2.24) is 9.97 Å². The number of methoxy groups -OCH3 is 2. The number of ether oxygens (including phenoxy) is 4. The molecule has 1 aliphatic rings. The first-order valence-electron chi connectivity index (χ1n) is 12.4. The van der Waals surface area contributed by atoms with Gasteiger partial charge in [-0.2, -0.15) is 0 Å². The van der Waals surface area contributed by atoms with Crippen molar-refractivity contribution in [3.05, 3.63) is 120 Å². The highest BCUT2D eigenvalue weighted by Gasteiger charge is 2.36. The number of rotatable bonds is 6. The van der Waals surface area contributed by atoms with E-state index in [4.69, 9.17) is 28.9 Å². The molecular weight excluding hydrogens is 492 g/mol. The van der Waals surface area contributed by atoms with Gasteiger partial charge in [0.2, 0.25) is 0 Å². The lowest BCUT2D eigenvalue weighted by Crippen LogP contribution is -2.23. The molecule has 7 nitrogen and oxygen atoms in total. The van der Waals surface area contributed by atoms with Crippen LogP contribution in [0.1, 0.15) is 23.1 Å². The van der Waals surface area contributed by atoms with Crippen molar-refractivity contribution in [1.29, 1.82) is 0 Å². The van der Waals surface area contributed by atoms with Gasteiger partial charge in [0, 0.05) is 16.7 Å². The number of hydrogen-bond acceptors (Lipinski definition) is 7. The summed E-state index contributed by atoms with van der Waals surface area (Å²) in [5.41, 5.74) is 4.65. The highest BCUT2D eigenvalue weighted by Crippen LogP contribution is 2.42. The molecule has 0 N–H and O–H groups in total. The molecule has 0 fully saturated rings. The second kappa shape index (κ2) is 10.3. The highest BCUT2D eigenvalue weighted by molar-refractivity contribution is 6.25. The highest BCUT2D eigenvalue weighted by atomic mass is 16.7. The average Bonchev–Trinajstić information content (AvgIpc) is 3.00. The van der Waals surface area contributed by atoms with Gasteiger partial charge >= 0.3 is 5.97 Å². The van der Waals surface area contributed by atoms with Gasteiger partial charge in [-0.1, -0.05) is 72.8 Å². The molecule has 0 aliphatic carbocycles. The maximum atomic E-state index is 13.9. The van der Waals surface area contributed by atoms with E-state index in [2.05, 4.69) is 0 Å². The topological polar surface area (TPSA) is 79.8 Å². The van der Waals surface area contributed by atoms with Gasteiger partial charge in [-0.3, -0.25) is 0 Å². The molecule has 5 aromatic rings. The Balaban J connectivity index is 1.57. The lowest BCUT2D eigenvalue weighted by atomic mass is 9.99. The molecule has 2 heterocycles. The largest absolute Gasteiger partial charge is 0.493 e. The zero-order chi connectivity index (χ0) is 26.8. The Morgan fingerprint density at radius 2 is 1.23 bits per heavy atom. The van der Waals surface area contributed by atoms with Gasteiger partial charge in [0.05, 0.1) is 30.9 Å². The Morgan fingerprint density at radius 3 is 1.87 bits per heavy atom. The van der Waals surface area contributed by atoms with Crippen molar-refractivity contribution in [2.75, 3.05) is 14.2 Å². The number of cyclic esters (lactones) is 1. The van der Waals surface area contributed by atoms with Crippen LogP contribution in [0.3, 0.4) is 0 Å². The summed E-state index contributed by atoms with van der Waals surface area (Å²) < 4.78 is 23.1. The Hall–Kier alpha value is -5.17. The van der Waals surface area contributed by atoms with Crippen molar-refractivity contribution in [2.45, 2.75) is 6.29 Å². The van der Waals surface area contributed by atoms with Crippen LogP contribution in [0.25, 0.3) is 33.6 Å². The van der Waals surface area contributed by atoms with Gasteiger partial charge in [-0.05, 0) is 30.3 Å². The van der Waals surface area contributed by atoms with Crippen LogP contribution >= 0.6 is 0 Å². The van der Waals surface area contributed by atoms with Crippen molar-refractivity contribution >= 4 is 28.3 Å². The number of fused-ring (bicyclic) bond motifs is 1. The van der Waals surface area contributed by atoms with E-state index < -0.39 is 12.3 Å². The van der Waals surface area contributed by atoms with E-state index in [1.165, 1.54) is 0 Å². The lowest BCUT2D eigenvalue weighted by molar-refractivity contribution is -0.164. The van der Waals surface area contributed by atoms with Crippen LogP contribution in [-0.4, -0.2) is 30.2 Å². The minimum atomic E-state index is -1.01. The van der Waals surface area contributed by atoms with Crippen molar-refractivity contribution < 1.29 is 23.7 Å². The fraction of sp³-hybridized carbons (Fsp3) is 0.0938. The summed E-state index contributed by atoms with van der Waals surface area (Å²) in [6.45, 7) is 0. The summed E-state index contributed by atoms with van der Waals surface area (Å²) in [6, 6.07) is 31.9. The molecule has 4 aromatic carbocycles. The third-order valence-electron chi connectivity index (χ3n) is 6.44. The number of hydrogen-bond donors (Lipinski definition) is 0.